The van der Waals surface area contributed by atoms with Crippen LogP contribution < -0.4 is 0 Å². The third kappa shape index (κ3) is 6.59. The van der Waals surface area contributed by atoms with Gasteiger partial charge in [0.1, 0.15) is 0 Å². The second-order valence-corrected chi connectivity index (χ2v) is 5.04. The fourth-order valence-corrected chi connectivity index (χ4v) is 2.62. The van der Waals surface area contributed by atoms with E-state index < -0.39 is 0 Å². The third-order valence-corrected chi connectivity index (χ3v) is 4.39. The molecule has 0 aromatic carbocycles. The van der Waals surface area contributed by atoms with Crippen LogP contribution in [0, 0.1) is 5.92 Å². The highest BCUT2D eigenvalue weighted by Crippen LogP contribution is 2.14. The molecule has 0 spiro atoms. The van der Waals surface area contributed by atoms with Gasteiger partial charge in [-0.1, -0.05) is 20.3 Å². The van der Waals surface area contributed by atoms with E-state index >= 15 is 0 Å². The molecule has 0 aromatic heterocycles. The Balaban J connectivity index is 2.88. The van der Waals surface area contributed by atoms with Crippen molar-refractivity contribution in [3.8, 4) is 0 Å². The summed E-state index contributed by atoms with van der Waals surface area (Å²) in [6.07, 6.45) is 3.53. The Kier molecular flexibility index (Phi) is 7.34. The van der Waals surface area contributed by atoms with Crippen LogP contribution in [0.1, 0.15) is 20.3 Å². The molecule has 1 atom stereocenters. The zero-order valence-corrected chi connectivity index (χ0v) is 8.42. The van der Waals surface area contributed by atoms with Gasteiger partial charge < -0.3 is 0 Å². The monoisotopic (exact) mass is 166 g/mol. The fourth-order valence-electron chi connectivity index (χ4n) is 0.552. The van der Waals surface area contributed by atoms with Gasteiger partial charge in [-0.3, -0.25) is 11.8 Å². The maximum absolute atomic E-state index is 2.34. The molecule has 9 heavy (non-hydrogen) atoms. The van der Waals surface area contributed by atoms with E-state index in [0.29, 0.717) is 0 Å². The average Bonchev–Trinajstić information content (AvgIpc) is 1.89. The summed E-state index contributed by atoms with van der Waals surface area (Å²) in [7, 11) is 0. The smallest absolute Gasteiger partial charge is 0.0185 e. The van der Waals surface area contributed by atoms with Crippen molar-refractivity contribution >= 4 is 23.5 Å². The summed E-state index contributed by atoms with van der Waals surface area (Å²) in [5, 5.41) is 1.37. The van der Waals surface area contributed by atoms with Crippen LogP contribution in [0.4, 0.5) is 0 Å². The largest absolute Gasteiger partial charge is 0.257 e. The lowest BCUT2D eigenvalue weighted by molar-refractivity contribution is 0.637. The summed E-state index contributed by atoms with van der Waals surface area (Å²) in [5.74, 6) is 2.40. The van der Waals surface area contributed by atoms with Crippen LogP contribution in [0.5, 0.6) is 0 Å². The summed E-state index contributed by atoms with van der Waals surface area (Å²) in [6, 6.07) is 0. The van der Waals surface area contributed by atoms with Crippen LogP contribution in [0.25, 0.3) is 0 Å². The van der Waals surface area contributed by atoms with Crippen LogP contribution in [0.15, 0.2) is 0 Å². The van der Waals surface area contributed by atoms with E-state index in [1.165, 1.54) is 29.0 Å². The van der Waals surface area contributed by atoms with Crippen molar-refractivity contribution in [1.82, 2.24) is 0 Å². The van der Waals surface area contributed by atoms with E-state index in [4.69, 9.17) is 0 Å². The lowest BCUT2D eigenvalue weighted by Crippen LogP contribution is -1.94. The van der Waals surface area contributed by atoms with E-state index in [2.05, 4.69) is 20.1 Å². The predicted molar refractivity (Wildman–Crippen MR) is 53.1 cm³/mol. The van der Waals surface area contributed by atoms with E-state index in [9.17, 15) is 0 Å². The normalized spacial score (nSPS) is 15.9. The van der Waals surface area contributed by atoms with Crippen LogP contribution in [0.2, 0.25) is 0 Å². The first-order chi connectivity index (χ1) is 4.31. The molecule has 58 valence electrons. The van der Waals surface area contributed by atoms with Crippen molar-refractivity contribution in [2.75, 3.05) is 17.1 Å². The minimum Gasteiger partial charge on any atom is -0.257 e. The van der Waals surface area contributed by atoms with Gasteiger partial charge in [-0.25, -0.2) is 0 Å². The van der Waals surface area contributed by atoms with Crippen molar-refractivity contribution < 1.29 is 0 Å². The molecule has 0 rings (SSSR count). The SMILES string of the molecule is CCC(C)C[SH2]CSC. The number of rotatable bonds is 5. The zero-order valence-electron chi connectivity index (χ0n) is 6.61. The van der Waals surface area contributed by atoms with Gasteiger partial charge in [0.25, 0.3) is 0 Å². The molecule has 0 amide bonds. The van der Waals surface area contributed by atoms with Crippen LogP contribution in [0.3, 0.4) is 0 Å². The average molecular weight is 166 g/mol. The molecule has 0 N–H and O–H groups in total. The second kappa shape index (κ2) is 6.81. The maximum Gasteiger partial charge on any atom is 0.0185 e. The molecular weight excluding hydrogens is 148 g/mol. The lowest BCUT2D eigenvalue weighted by atomic mass is 10.2. The summed E-state index contributed by atoms with van der Waals surface area (Å²) in [4.78, 5) is 0. The van der Waals surface area contributed by atoms with Crippen LogP contribution >= 0.6 is 23.5 Å². The summed E-state index contributed by atoms with van der Waals surface area (Å²) in [6.45, 7) is 4.61. The molecule has 0 saturated heterocycles. The topological polar surface area (TPSA) is 0 Å². The molecule has 0 radical (unpaired) electrons. The molecule has 0 heterocycles. The van der Waals surface area contributed by atoms with Crippen molar-refractivity contribution in [2.45, 2.75) is 20.3 Å². The molecule has 0 bridgehead atoms. The van der Waals surface area contributed by atoms with Crippen molar-refractivity contribution in [3.63, 3.8) is 0 Å². The zero-order chi connectivity index (χ0) is 7.11. The molecule has 0 nitrogen and oxygen atoms in total. The predicted octanol–water partition coefficient (Wildman–Crippen LogP) is 2.55. The van der Waals surface area contributed by atoms with E-state index in [0.717, 1.165) is 5.92 Å². The first-order valence-electron chi connectivity index (χ1n) is 3.50. The van der Waals surface area contributed by atoms with Gasteiger partial charge in [-0.2, -0.15) is 11.8 Å². The van der Waals surface area contributed by atoms with Gasteiger partial charge in [0, 0.05) is 5.08 Å². The molecule has 0 saturated carbocycles. The van der Waals surface area contributed by atoms with Crippen LogP contribution in [-0.4, -0.2) is 17.1 Å². The van der Waals surface area contributed by atoms with Gasteiger partial charge in [0.2, 0.25) is 0 Å². The Labute approximate surface area is 67.2 Å². The second-order valence-electron chi connectivity index (χ2n) is 2.40. The molecule has 1 unspecified atom stereocenters. The van der Waals surface area contributed by atoms with Crippen molar-refractivity contribution in [1.29, 1.82) is 0 Å². The van der Waals surface area contributed by atoms with Gasteiger partial charge in [0.15, 0.2) is 0 Å². The fraction of sp³-hybridized carbons (Fsp3) is 1.00. The quantitative estimate of drug-likeness (QED) is 0.566. The minimum absolute atomic E-state index is 0.954. The number of thioether (sulfide) groups is 1. The molecule has 0 aromatic rings. The van der Waals surface area contributed by atoms with E-state index in [1.807, 2.05) is 11.8 Å². The van der Waals surface area contributed by atoms with Gasteiger partial charge in [-0.05, 0) is 17.9 Å². The first kappa shape index (κ1) is 9.70. The summed E-state index contributed by atoms with van der Waals surface area (Å²) < 4.78 is 0. The number of hydrogen-bond acceptors (Lipinski definition) is 1. The third-order valence-electron chi connectivity index (χ3n) is 1.44. The van der Waals surface area contributed by atoms with Crippen molar-refractivity contribution in [2.24, 2.45) is 5.92 Å². The Bertz CT molecular complexity index is 54.9. The van der Waals surface area contributed by atoms with Crippen molar-refractivity contribution in [3.05, 3.63) is 0 Å². The standard InChI is InChI=1S/C7H18S2/c1-4-7(2)5-9-6-8-3/h7H,4-6,9H2,1-3H3. The highest BCUT2D eigenvalue weighted by atomic mass is 32.2. The van der Waals surface area contributed by atoms with Gasteiger partial charge in [-0.15, -0.1) is 0 Å². The highest BCUT2D eigenvalue weighted by Gasteiger charge is 1.94. The van der Waals surface area contributed by atoms with E-state index in [1.54, 1.807) is 0 Å². The Morgan fingerprint density at radius 1 is 1.56 bits per heavy atom. The first-order valence-corrected chi connectivity index (χ1v) is 6.31. The van der Waals surface area contributed by atoms with Crippen LogP contribution in [-0.2, 0) is 0 Å². The van der Waals surface area contributed by atoms with Gasteiger partial charge in [0.05, 0.1) is 0 Å². The lowest BCUT2D eigenvalue weighted by Gasteiger charge is -2.07. The molecule has 0 aliphatic heterocycles. The Morgan fingerprint density at radius 3 is 2.67 bits per heavy atom. The van der Waals surface area contributed by atoms with Gasteiger partial charge >= 0.3 is 0 Å². The summed E-state index contributed by atoms with van der Waals surface area (Å²) >= 11 is 3.15. The summed E-state index contributed by atoms with van der Waals surface area (Å²) in [5.41, 5.74) is 0. The molecular formula is C7H18S2. The highest BCUT2D eigenvalue weighted by molar-refractivity contribution is 8.15. The van der Waals surface area contributed by atoms with E-state index in [-0.39, 0.29) is 0 Å². The Hall–Kier alpha value is 0.700. The number of hydrogen-bond donors (Lipinski definition) is 0. The molecule has 2 heteroatoms. The Morgan fingerprint density at radius 2 is 2.22 bits per heavy atom. The minimum atomic E-state index is 0.954. The molecule has 0 aliphatic rings. The maximum atomic E-state index is 2.34. The molecule has 0 fully saturated rings. The molecule has 0 aliphatic carbocycles.